The molecular weight excluding hydrogens is 687 g/mol. The van der Waals surface area contributed by atoms with E-state index in [1.807, 2.05) is 59.5 Å². The van der Waals surface area contributed by atoms with Crippen molar-refractivity contribution in [1.29, 1.82) is 0 Å². The van der Waals surface area contributed by atoms with Crippen LogP contribution in [-0.4, -0.2) is 84.6 Å². The van der Waals surface area contributed by atoms with Crippen LogP contribution in [0.5, 0.6) is 11.8 Å². The van der Waals surface area contributed by atoms with Crippen molar-refractivity contribution in [3.63, 3.8) is 0 Å². The summed E-state index contributed by atoms with van der Waals surface area (Å²) >= 11 is 14.3. The van der Waals surface area contributed by atoms with Crippen LogP contribution in [0.15, 0.2) is 60.7 Å². The third-order valence-electron chi connectivity index (χ3n) is 10.4. The Kier molecular flexibility index (Phi) is 9.95. The molecule has 4 aromatic rings. The minimum Gasteiger partial charge on any atom is -0.481 e. The van der Waals surface area contributed by atoms with E-state index in [1.165, 1.54) is 0 Å². The summed E-state index contributed by atoms with van der Waals surface area (Å²) in [5.74, 6) is 1.31. The topological polar surface area (TPSA) is 109 Å². The summed E-state index contributed by atoms with van der Waals surface area (Å²) in [6.45, 7) is 8.60. The molecule has 266 valence electrons. The Morgan fingerprint density at radius 2 is 1.49 bits per heavy atom. The number of amides is 2. The molecule has 2 atom stereocenters. The van der Waals surface area contributed by atoms with Crippen molar-refractivity contribution in [1.82, 2.24) is 30.4 Å². The molecule has 2 aromatic carbocycles. The number of ether oxygens (including phenoxy) is 2. The van der Waals surface area contributed by atoms with E-state index in [2.05, 4.69) is 28.5 Å². The fourth-order valence-corrected chi connectivity index (χ4v) is 8.22. The molecule has 7 rings (SSSR count). The first-order valence-electron chi connectivity index (χ1n) is 17.3. The Bertz CT molecular complexity index is 1980. The van der Waals surface area contributed by atoms with Crippen molar-refractivity contribution in [3.8, 4) is 45.4 Å². The summed E-state index contributed by atoms with van der Waals surface area (Å²) < 4.78 is 11.5. The van der Waals surface area contributed by atoms with Gasteiger partial charge in [-0.3, -0.25) is 14.5 Å². The van der Waals surface area contributed by atoms with E-state index in [9.17, 15) is 9.59 Å². The van der Waals surface area contributed by atoms with E-state index in [0.29, 0.717) is 52.7 Å². The molecule has 3 fully saturated rings. The Hall–Kier alpha value is -4.22. The normalized spacial score (nSPS) is 18.6. The smallest absolute Gasteiger partial charge is 0.220 e. The lowest BCUT2D eigenvalue weighted by molar-refractivity contribution is -0.160. The van der Waals surface area contributed by atoms with Gasteiger partial charge in [0.1, 0.15) is 0 Å². The van der Waals surface area contributed by atoms with Crippen molar-refractivity contribution in [2.75, 3.05) is 46.9 Å². The summed E-state index contributed by atoms with van der Waals surface area (Å²) in [4.78, 5) is 37.3. The number of halogens is 2. The van der Waals surface area contributed by atoms with Crippen molar-refractivity contribution >= 4 is 35.0 Å². The molecule has 2 amide bonds. The molecule has 10 nitrogen and oxygen atoms in total. The number of hydrogen-bond donors (Lipinski definition) is 2. The average Bonchev–Trinajstić information content (AvgIpc) is 3.51. The number of carbonyl (C=O) groups is 2. The number of benzene rings is 2. The summed E-state index contributed by atoms with van der Waals surface area (Å²) in [5, 5.41) is 7.43. The summed E-state index contributed by atoms with van der Waals surface area (Å²) in [7, 11) is 3.24. The van der Waals surface area contributed by atoms with Crippen molar-refractivity contribution in [2.24, 2.45) is 5.41 Å². The highest BCUT2D eigenvalue weighted by molar-refractivity contribution is 6.39. The van der Waals surface area contributed by atoms with E-state index < -0.39 is 0 Å². The lowest BCUT2D eigenvalue weighted by atomic mass is 9.72. The van der Waals surface area contributed by atoms with Gasteiger partial charge in [-0.25, -0.2) is 9.97 Å². The number of nitrogens with one attached hydrogen (secondary N) is 2. The standard InChI is InChI=1S/C39H42Cl2N6O4/c1-23(46-19-39(20-46)21-47(22-39)24(2)48)27-13-15-33(45-38(27)51-4)31-10-6-8-29(36(31)41)28-7-5-9-30(35(28)40)32-14-11-25(37(44-32)50-3)17-42-18-26-12-16-34(49)43-26/h5-11,13-15,23,26,42H,12,16-22H2,1-4H3,(H,43,49)/t23?,26-/m0/s1. The minimum atomic E-state index is 0.100. The fourth-order valence-electron chi connectivity index (χ4n) is 7.57. The zero-order valence-electron chi connectivity index (χ0n) is 29.3. The molecule has 2 N–H and O–H groups in total. The Morgan fingerprint density at radius 3 is 2.06 bits per heavy atom. The number of pyridine rings is 2. The molecule has 1 unspecified atom stereocenters. The second-order valence-electron chi connectivity index (χ2n) is 13.9. The van der Waals surface area contributed by atoms with Gasteiger partial charge < -0.3 is 25.0 Å². The first-order chi connectivity index (χ1) is 24.6. The van der Waals surface area contributed by atoms with Crippen molar-refractivity contribution in [3.05, 3.63) is 81.8 Å². The van der Waals surface area contributed by atoms with Gasteiger partial charge in [-0.05, 0) is 31.5 Å². The van der Waals surface area contributed by atoms with Gasteiger partial charge >= 0.3 is 0 Å². The zero-order valence-corrected chi connectivity index (χ0v) is 30.8. The lowest BCUT2D eigenvalue weighted by Crippen LogP contribution is -2.72. The maximum atomic E-state index is 11.7. The zero-order chi connectivity index (χ0) is 35.9. The number of methoxy groups -OCH3 is 2. The van der Waals surface area contributed by atoms with Gasteiger partial charge in [-0.15, -0.1) is 0 Å². The number of aromatic nitrogens is 2. The largest absolute Gasteiger partial charge is 0.481 e. The van der Waals surface area contributed by atoms with Crippen LogP contribution in [0, 0.1) is 5.41 Å². The highest BCUT2D eigenvalue weighted by Crippen LogP contribution is 2.46. The van der Waals surface area contributed by atoms with Gasteiger partial charge in [0.2, 0.25) is 23.6 Å². The predicted molar refractivity (Wildman–Crippen MR) is 199 cm³/mol. The molecule has 1 spiro atoms. The van der Waals surface area contributed by atoms with E-state index >= 15 is 0 Å². The predicted octanol–water partition coefficient (Wildman–Crippen LogP) is 6.39. The second-order valence-corrected chi connectivity index (χ2v) is 14.6. The van der Waals surface area contributed by atoms with E-state index in [0.717, 1.165) is 66.0 Å². The van der Waals surface area contributed by atoms with Crippen LogP contribution in [-0.2, 0) is 16.1 Å². The Morgan fingerprint density at radius 1 is 0.902 bits per heavy atom. The van der Waals surface area contributed by atoms with Crippen LogP contribution in [0.2, 0.25) is 10.0 Å². The summed E-state index contributed by atoms with van der Waals surface area (Å²) in [5.41, 5.74) is 6.57. The van der Waals surface area contributed by atoms with E-state index in [-0.39, 0.29) is 29.3 Å². The molecule has 3 saturated heterocycles. The molecule has 3 aliphatic heterocycles. The third kappa shape index (κ3) is 6.90. The van der Waals surface area contributed by atoms with Crippen LogP contribution >= 0.6 is 23.2 Å². The summed E-state index contributed by atoms with van der Waals surface area (Å²) in [6.07, 6.45) is 1.41. The van der Waals surface area contributed by atoms with Crippen molar-refractivity contribution in [2.45, 2.75) is 45.3 Å². The first-order valence-corrected chi connectivity index (χ1v) is 18.0. The Balaban J connectivity index is 1.09. The average molecular weight is 730 g/mol. The van der Waals surface area contributed by atoms with Crippen molar-refractivity contribution < 1.29 is 19.1 Å². The monoisotopic (exact) mass is 728 g/mol. The highest BCUT2D eigenvalue weighted by Gasteiger charge is 2.53. The fraction of sp³-hybridized carbons (Fsp3) is 0.385. The van der Waals surface area contributed by atoms with Gasteiger partial charge in [0.05, 0.1) is 35.7 Å². The maximum Gasteiger partial charge on any atom is 0.220 e. The molecular formula is C39H42Cl2N6O4. The van der Waals surface area contributed by atoms with Gasteiger partial charge in [0.15, 0.2) is 0 Å². The number of carbonyl (C=O) groups excluding carboxylic acids is 2. The quantitative estimate of drug-likeness (QED) is 0.183. The molecule has 5 heterocycles. The van der Waals surface area contributed by atoms with Gasteiger partial charge in [0.25, 0.3) is 0 Å². The van der Waals surface area contributed by atoms with E-state index in [4.69, 9.17) is 42.6 Å². The SMILES string of the molecule is COc1nc(-c2cccc(-c3cccc(-c4ccc(C(C)N5CC6(CN(C(C)=O)C6)C5)c(OC)n4)c3Cl)c2Cl)ccc1CNC[C@@H]1CCC(=O)N1. The third-order valence-corrected chi connectivity index (χ3v) is 11.2. The van der Waals surface area contributed by atoms with Crippen LogP contribution in [0.1, 0.15) is 43.9 Å². The molecule has 12 heteroatoms. The van der Waals surface area contributed by atoms with Crippen LogP contribution in [0.4, 0.5) is 0 Å². The second kappa shape index (κ2) is 14.4. The number of hydrogen-bond acceptors (Lipinski definition) is 8. The summed E-state index contributed by atoms with van der Waals surface area (Å²) in [6, 6.07) is 19.9. The van der Waals surface area contributed by atoms with Crippen LogP contribution < -0.4 is 20.1 Å². The highest BCUT2D eigenvalue weighted by atomic mass is 35.5. The molecule has 51 heavy (non-hydrogen) atoms. The molecule has 2 aromatic heterocycles. The number of nitrogens with zero attached hydrogens (tertiary/aromatic N) is 4. The van der Waals surface area contributed by atoms with Gasteiger partial charge in [-0.1, -0.05) is 65.7 Å². The molecule has 3 aliphatic rings. The van der Waals surface area contributed by atoms with E-state index in [1.54, 1.807) is 21.1 Å². The van der Waals surface area contributed by atoms with Crippen LogP contribution in [0.3, 0.4) is 0 Å². The molecule has 0 saturated carbocycles. The van der Waals surface area contributed by atoms with Gasteiger partial charge in [-0.2, -0.15) is 0 Å². The first kappa shape index (κ1) is 35.2. The Labute approximate surface area is 308 Å². The maximum absolute atomic E-state index is 11.7. The van der Waals surface area contributed by atoms with Crippen LogP contribution in [0.25, 0.3) is 33.6 Å². The number of likely N-dealkylation sites (tertiary alicyclic amines) is 2. The molecule has 0 bridgehead atoms. The molecule has 0 aliphatic carbocycles. The lowest BCUT2D eigenvalue weighted by Gasteiger charge is -2.61. The molecule has 0 radical (unpaired) electrons. The number of rotatable bonds is 11. The minimum absolute atomic E-state index is 0.100. The van der Waals surface area contributed by atoms with Gasteiger partial charge in [0, 0.05) is 103 Å².